The number of ether oxygens (including phenoxy) is 1. The molecule has 3 rings (SSSR count). The van der Waals surface area contributed by atoms with Crippen molar-refractivity contribution in [3.05, 3.63) is 64.4 Å². The number of halogens is 2. The first kappa shape index (κ1) is 19.6. The van der Waals surface area contributed by atoms with E-state index in [-0.39, 0.29) is 17.6 Å². The van der Waals surface area contributed by atoms with Gasteiger partial charge >= 0.3 is 0 Å². The number of rotatable bonds is 6. The molecule has 1 fully saturated rings. The van der Waals surface area contributed by atoms with Crippen LogP contribution >= 0.6 is 11.6 Å². The highest BCUT2D eigenvalue weighted by molar-refractivity contribution is 6.31. The quantitative estimate of drug-likeness (QED) is 0.794. The number of methoxy groups -OCH3 is 1. The summed E-state index contributed by atoms with van der Waals surface area (Å²) in [6.45, 7) is 2.75. The minimum Gasteiger partial charge on any atom is -0.497 e. The van der Waals surface area contributed by atoms with E-state index < -0.39 is 0 Å². The second-order valence-corrected chi connectivity index (χ2v) is 7.37. The molecule has 2 aromatic carbocycles. The summed E-state index contributed by atoms with van der Waals surface area (Å²) in [4.78, 5) is 13.7. The monoisotopic (exact) mass is 391 g/mol. The Morgan fingerprint density at radius 3 is 2.56 bits per heavy atom. The minimum absolute atomic E-state index is 0.0168. The van der Waals surface area contributed by atoms with E-state index in [1.807, 2.05) is 24.3 Å². The average molecular weight is 392 g/mol. The number of hydrogen-bond acceptors (Lipinski definition) is 2. The molecule has 2 aromatic rings. The maximum absolute atomic E-state index is 13.9. The van der Waals surface area contributed by atoms with E-state index in [0.717, 1.165) is 37.2 Å². The maximum atomic E-state index is 13.9. The van der Waals surface area contributed by atoms with Crippen LogP contribution in [0, 0.1) is 11.7 Å². The number of hydrogen-bond donors (Lipinski definition) is 2. The van der Waals surface area contributed by atoms with Gasteiger partial charge in [0.1, 0.15) is 18.1 Å². The lowest BCUT2D eigenvalue weighted by molar-refractivity contribution is -0.919. The second kappa shape index (κ2) is 9.20. The third-order valence-electron chi connectivity index (χ3n) is 5.18. The molecule has 0 spiro atoms. The van der Waals surface area contributed by atoms with E-state index in [1.54, 1.807) is 19.2 Å². The first-order valence-corrected chi connectivity index (χ1v) is 9.61. The zero-order chi connectivity index (χ0) is 19.2. The summed E-state index contributed by atoms with van der Waals surface area (Å²) in [5.74, 6) is 0.654. The van der Waals surface area contributed by atoms with Gasteiger partial charge in [-0.2, -0.15) is 0 Å². The van der Waals surface area contributed by atoms with E-state index in [1.165, 1.54) is 11.0 Å². The Morgan fingerprint density at radius 1 is 1.22 bits per heavy atom. The van der Waals surface area contributed by atoms with Gasteiger partial charge in [-0.25, -0.2) is 4.39 Å². The van der Waals surface area contributed by atoms with Crippen molar-refractivity contribution in [2.75, 3.05) is 20.2 Å². The number of quaternary nitrogens is 1. The molecule has 1 saturated heterocycles. The summed E-state index contributed by atoms with van der Waals surface area (Å²) >= 11 is 6.12. The molecule has 0 saturated carbocycles. The van der Waals surface area contributed by atoms with Crippen LogP contribution in [0.2, 0.25) is 5.02 Å². The van der Waals surface area contributed by atoms with Gasteiger partial charge in [-0.15, -0.1) is 0 Å². The van der Waals surface area contributed by atoms with Crippen LogP contribution in [0.15, 0.2) is 42.5 Å². The lowest BCUT2D eigenvalue weighted by atomic mass is 9.95. The van der Waals surface area contributed by atoms with Crippen molar-refractivity contribution in [2.45, 2.75) is 25.9 Å². The minimum atomic E-state index is -0.255. The molecule has 144 valence electrons. The molecule has 0 bridgehead atoms. The van der Waals surface area contributed by atoms with Gasteiger partial charge in [0.15, 0.2) is 0 Å². The summed E-state index contributed by atoms with van der Waals surface area (Å²) in [6, 6.07) is 12.5. The zero-order valence-corrected chi connectivity index (χ0v) is 16.2. The van der Waals surface area contributed by atoms with Gasteiger partial charge in [0.2, 0.25) is 5.91 Å². The molecule has 0 aliphatic carbocycles. The van der Waals surface area contributed by atoms with E-state index in [2.05, 4.69) is 5.32 Å². The Morgan fingerprint density at radius 2 is 1.93 bits per heavy atom. The van der Waals surface area contributed by atoms with Crippen molar-refractivity contribution in [2.24, 2.45) is 5.92 Å². The van der Waals surface area contributed by atoms with Crippen LogP contribution in [-0.2, 0) is 17.9 Å². The van der Waals surface area contributed by atoms with Crippen molar-refractivity contribution >= 4 is 17.5 Å². The van der Waals surface area contributed by atoms with E-state index in [0.29, 0.717) is 23.7 Å². The molecule has 4 nitrogen and oxygen atoms in total. The van der Waals surface area contributed by atoms with Gasteiger partial charge in [-0.1, -0.05) is 29.8 Å². The predicted molar refractivity (Wildman–Crippen MR) is 103 cm³/mol. The summed E-state index contributed by atoms with van der Waals surface area (Å²) < 4.78 is 19.1. The first-order chi connectivity index (χ1) is 13.1. The van der Waals surface area contributed by atoms with Crippen molar-refractivity contribution in [3.8, 4) is 5.75 Å². The number of carbonyl (C=O) groups excluding carboxylic acids is 1. The number of carbonyl (C=O) groups is 1. The molecular weight excluding hydrogens is 367 g/mol. The summed E-state index contributed by atoms with van der Waals surface area (Å²) in [5, 5.41) is 3.49. The number of amides is 1. The van der Waals surface area contributed by atoms with Gasteiger partial charge < -0.3 is 15.0 Å². The summed E-state index contributed by atoms with van der Waals surface area (Å²) in [7, 11) is 1.63. The standard InChI is InChI=1S/C21H24ClFN2O2/c1-27-17-7-5-15(6-8-17)13-24-21(26)16-9-11-25(12-10-16)14-18-19(22)3-2-4-20(18)23/h2-8,16H,9-14H2,1H3,(H,24,26)/p+1. The number of likely N-dealkylation sites (tertiary alicyclic amines) is 1. The molecule has 1 aliphatic heterocycles. The molecule has 6 heteroatoms. The summed E-state index contributed by atoms with van der Waals surface area (Å²) in [5.41, 5.74) is 1.61. The third-order valence-corrected chi connectivity index (χ3v) is 5.53. The Labute approximate surface area is 164 Å². The molecule has 2 N–H and O–H groups in total. The van der Waals surface area contributed by atoms with Crippen LogP contribution < -0.4 is 15.0 Å². The van der Waals surface area contributed by atoms with Crippen LogP contribution in [0.25, 0.3) is 0 Å². The first-order valence-electron chi connectivity index (χ1n) is 9.24. The molecular formula is C21H25ClFN2O2+. The Bertz CT molecular complexity index is 754. The fourth-order valence-electron chi connectivity index (χ4n) is 3.49. The van der Waals surface area contributed by atoms with Crippen LogP contribution in [0.4, 0.5) is 4.39 Å². The van der Waals surface area contributed by atoms with Crippen LogP contribution in [0.5, 0.6) is 5.75 Å². The highest BCUT2D eigenvalue weighted by atomic mass is 35.5. The van der Waals surface area contributed by atoms with Crippen molar-refractivity contribution in [3.63, 3.8) is 0 Å². The molecule has 1 heterocycles. The molecule has 0 radical (unpaired) electrons. The highest BCUT2D eigenvalue weighted by Gasteiger charge is 2.28. The van der Waals surface area contributed by atoms with Crippen LogP contribution in [-0.4, -0.2) is 26.1 Å². The molecule has 0 unspecified atom stereocenters. The second-order valence-electron chi connectivity index (χ2n) is 6.97. The molecule has 0 atom stereocenters. The van der Waals surface area contributed by atoms with Crippen LogP contribution in [0.1, 0.15) is 24.0 Å². The van der Waals surface area contributed by atoms with Gasteiger partial charge in [0.25, 0.3) is 0 Å². The maximum Gasteiger partial charge on any atom is 0.223 e. The van der Waals surface area contributed by atoms with Crippen molar-refractivity contribution < 1.29 is 18.8 Å². The third kappa shape index (κ3) is 5.21. The Kier molecular flexibility index (Phi) is 6.69. The van der Waals surface area contributed by atoms with Gasteiger partial charge in [-0.3, -0.25) is 4.79 Å². The number of benzene rings is 2. The average Bonchev–Trinajstić information content (AvgIpc) is 2.70. The topological polar surface area (TPSA) is 42.8 Å². The smallest absolute Gasteiger partial charge is 0.223 e. The van der Waals surface area contributed by atoms with Gasteiger partial charge in [0, 0.05) is 25.3 Å². The van der Waals surface area contributed by atoms with Crippen molar-refractivity contribution in [1.29, 1.82) is 0 Å². The normalized spacial score (nSPS) is 19.5. The Hall–Kier alpha value is -2.11. The fourth-order valence-corrected chi connectivity index (χ4v) is 3.72. The van der Waals surface area contributed by atoms with E-state index >= 15 is 0 Å². The Balaban J connectivity index is 1.46. The lowest BCUT2D eigenvalue weighted by Gasteiger charge is -2.29. The van der Waals surface area contributed by atoms with E-state index in [9.17, 15) is 9.18 Å². The zero-order valence-electron chi connectivity index (χ0n) is 15.4. The van der Waals surface area contributed by atoms with Crippen LogP contribution in [0.3, 0.4) is 0 Å². The SMILES string of the molecule is COc1ccc(CNC(=O)C2CC[NH+](Cc3c(F)cccc3Cl)CC2)cc1. The van der Waals surface area contributed by atoms with Crippen molar-refractivity contribution in [1.82, 2.24) is 5.32 Å². The lowest BCUT2D eigenvalue weighted by Crippen LogP contribution is -3.11. The van der Waals surface area contributed by atoms with Gasteiger partial charge in [0.05, 0.1) is 30.8 Å². The number of nitrogens with one attached hydrogen (secondary N) is 2. The molecule has 1 amide bonds. The van der Waals surface area contributed by atoms with Gasteiger partial charge in [-0.05, 0) is 29.8 Å². The largest absolute Gasteiger partial charge is 0.497 e. The molecule has 27 heavy (non-hydrogen) atoms. The molecule has 0 aromatic heterocycles. The highest BCUT2D eigenvalue weighted by Crippen LogP contribution is 2.18. The number of piperidine rings is 1. The molecule has 1 aliphatic rings. The fraction of sp³-hybridized carbons (Fsp3) is 0.381. The predicted octanol–water partition coefficient (Wildman–Crippen LogP) is 2.60. The van der Waals surface area contributed by atoms with E-state index in [4.69, 9.17) is 16.3 Å². The summed E-state index contributed by atoms with van der Waals surface area (Å²) in [6.07, 6.45) is 1.60.